The van der Waals surface area contributed by atoms with Crippen molar-refractivity contribution in [1.82, 2.24) is 14.9 Å². The molecule has 0 aliphatic carbocycles. The van der Waals surface area contributed by atoms with Crippen molar-refractivity contribution in [2.45, 2.75) is 59.4 Å². The monoisotopic (exact) mass is 484 g/mol. The Bertz CT molecular complexity index is 1230. The third-order valence-corrected chi connectivity index (χ3v) is 6.77. The number of rotatable bonds is 8. The molecule has 0 spiro atoms. The summed E-state index contributed by atoms with van der Waals surface area (Å²) in [4.78, 5) is 24.4. The maximum absolute atomic E-state index is 13.5. The van der Waals surface area contributed by atoms with E-state index in [1.165, 1.54) is 37.1 Å². The molecule has 1 amide bonds. The zero-order valence-electron chi connectivity index (χ0n) is 21.6. The molecular formula is C30H36N4O2. The van der Waals surface area contributed by atoms with E-state index in [2.05, 4.69) is 51.4 Å². The molecule has 2 N–H and O–H groups in total. The van der Waals surface area contributed by atoms with Crippen LogP contribution in [-0.4, -0.2) is 39.0 Å². The Balaban J connectivity index is 1.66. The van der Waals surface area contributed by atoms with E-state index in [1.54, 1.807) is 6.07 Å². The number of aryl methyl sites for hydroxylation is 1. The minimum Gasteiger partial charge on any atom is -0.493 e. The fraction of sp³-hybridized carbons (Fsp3) is 0.367. The van der Waals surface area contributed by atoms with Crippen molar-refractivity contribution < 1.29 is 9.90 Å². The standard InChI is InChI=1S/C30H36N4O2/c1-4-8-22(3)29(30(36)33-26-11-12-28(35)32-19-26)27-16-24(10-9-21(27)2)25-15-23(17-31-18-25)20-34-13-6-5-7-14-34/h9-12,15-19H,4-8,13-14,20H2,1-3H3,(H,32,35)(H,33,36)/b29-22+. The van der Waals surface area contributed by atoms with Crippen LogP contribution in [0.2, 0.25) is 0 Å². The molecule has 4 rings (SSSR count). The summed E-state index contributed by atoms with van der Waals surface area (Å²) in [5.41, 5.74) is 7.55. The lowest BCUT2D eigenvalue weighted by atomic mass is 9.91. The summed E-state index contributed by atoms with van der Waals surface area (Å²) in [5, 5.41) is 12.4. The number of allylic oxidation sites excluding steroid dienone is 1. The van der Waals surface area contributed by atoms with Crippen molar-refractivity contribution in [1.29, 1.82) is 0 Å². The highest BCUT2D eigenvalue weighted by Gasteiger charge is 2.19. The average Bonchev–Trinajstić information content (AvgIpc) is 2.88. The maximum Gasteiger partial charge on any atom is 0.256 e. The molecule has 0 atom stereocenters. The van der Waals surface area contributed by atoms with E-state index in [4.69, 9.17) is 0 Å². The van der Waals surface area contributed by atoms with Gasteiger partial charge in [0.15, 0.2) is 0 Å². The lowest BCUT2D eigenvalue weighted by molar-refractivity contribution is -0.111. The van der Waals surface area contributed by atoms with Gasteiger partial charge in [-0.1, -0.05) is 37.5 Å². The molecule has 1 fully saturated rings. The Morgan fingerprint density at radius 3 is 2.56 bits per heavy atom. The summed E-state index contributed by atoms with van der Waals surface area (Å²) in [6.45, 7) is 9.40. The molecular weight excluding hydrogens is 448 g/mol. The quantitative estimate of drug-likeness (QED) is 0.364. The Labute approximate surface area is 214 Å². The number of hydrogen-bond donors (Lipinski definition) is 2. The zero-order valence-corrected chi connectivity index (χ0v) is 21.6. The number of likely N-dealkylation sites (tertiary alicyclic amines) is 1. The first-order valence-electron chi connectivity index (χ1n) is 12.9. The summed E-state index contributed by atoms with van der Waals surface area (Å²) in [5.74, 6) is -0.253. The van der Waals surface area contributed by atoms with E-state index in [0.717, 1.165) is 60.3 Å². The smallest absolute Gasteiger partial charge is 0.256 e. The number of amides is 1. The first-order valence-corrected chi connectivity index (χ1v) is 12.9. The summed E-state index contributed by atoms with van der Waals surface area (Å²) < 4.78 is 0. The van der Waals surface area contributed by atoms with Crippen LogP contribution in [0, 0.1) is 6.92 Å². The lowest BCUT2D eigenvalue weighted by Crippen LogP contribution is -2.29. The second-order valence-corrected chi connectivity index (χ2v) is 9.71. The largest absolute Gasteiger partial charge is 0.493 e. The van der Waals surface area contributed by atoms with Gasteiger partial charge < -0.3 is 10.4 Å². The van der Waals surface area contributed by atoms with E-state index in [0.29, 0.717) is 11.3 Å². The maximum atomic E-state index is 13.5. The lowest BCUT2D eigenvalue weighted by Gasteiger charge is -2.26. The molecule has 6 nitrogen and oxygen atoms in total. The van der Waals surface area contributed by atoms with Gasteiger partial charge in [0, 0.05) is 36.1 Å². The Kier molecular flexibility index (Phi) is 8.49. The van der Waals surface area contributed by atoms with Crippen molar-refractivity contribution in [3.05, 3.63) is 77.3 Å². The van der Waals surface area contributed by atoms with E-state index in [9.17, 15) is 9.90 Å². The number of aromatic hydroxyl groups is 1. The summed E-state index contributed by atoms with van der Waals surface area (Å²) in [6, 6.07) is 11.6. The molecule has 1 aromatic carbocycles. The van der Waals surface area contributed by atoms with Crippen LogP contribution in [0.4, 0.5) is 5.69 Å². The van der Waals surface area contributed by atoms with E-state index in [-0.39, 0.29) is 11.8 Å². The second kappa shape index (κ2) is 12.0. The van der Waals surface area contributed by atoms with Crippen LogP contribution < -0.4 is 5.32 Å². The van der Waals surface area contributed by atoms with Crippen LogP contribution >= 0.6 is 0 Å². The van der Waals surface area contributed by atoms with Crippen LogP contribution in [0.5, 0.6) is 5.88 Å². The third-order valence-electron chi connectivity index (χ3n) is 6.77. The van der Waals surface area contributed by atoms with Gasteiger partial charge in [0.1, 0.15) is 0 Å². The van der Waals surface area contributed by atoms with Crippen LogP contribution in [0.1, 0.15) is 62.6 Å². The van der Waals surface area contributed by atoms with Gasteiger partial charge in [-0.15, -0.1) is 0 Å². The van der Waals surface area contributed by atoms with Gasteiger partial charge in [0.25, 0.3) is 5.91 Å². The number of carbonyl (C=O) groups excluding carboxylic acids is 1. The van der Waals surface area contributed by atoms with Gasteiger partial charge in [-0.25, -0.2) is 4.98 Å². The number of pyridine rings is 2. The number of carbonyl (C=O) groups is 1. The molecule has 0 unspecified atom stereocenters. The van der Waals surface area contributed by atoms with Crippen molar-refractivity contribution in [3.8, 4) is 17.0 Å². The van der Waals surface area contributed by atoms with Crippen LogP contribution in [-0.2, 0) is 11.3 Å². The van der Waals surface area contributed by atoms with Gasteiger partial charge in [-0.05, 0) is 86.7 Å². The molecule has 6 heteroatoms. The number of benzene rings is 1. The molecule has 3 heterocycles. The van der Waals surface area contributed by atoms with Gasteiger partial charge >= 0.3 is 0 Å². The predicted octanol–water partition coefficient (Wildman–Crippen LogP) is 6.36. The number of nitrogens with one attached hydrogen (secondary N) is 1. The first kappa shape index (κ1) is 25.6. The van der Waals surface area contributed by atoms with Crippen LogP contribution in [0.3, 0.4) is 0 Å². The number of piperidine rings is 1. The Hall–Kier alpha value is -3.51. The Morgan fingerprint density at radius 2 is 1.83 bits per heavy atom. The normalized spacial score (nSPS) is 14.9. The van der Waals surface area contributed by atoms with Crippen molar-refractivity contribution in [2.24, 2.45) is 0 Å². The van der Waals surface area contributed by atoms with Crippen molar-refractivity contribution in [2.75, 3.05) is 18.4 Å². The fourth-order valence-electron chi connectivity index (χ4n) is 4.88. The summed E-state index contributed by atoms with van der Waals surface area (Å²) in [7, 11) is 0. The van der Waals surface area contributed by atoms with Crippen LogP contribution in [0.25, 0.3) is 16.7 Å². The third kappa shape index (κ3) is 6.38. The van der Waals surface area contributed by atoms with Gasteiger partial charge in [-0.3, -0.25) is 14.7 Å². The second-order valence-electron chi connectivity index (χ2n) is 9.71. The number of nitrogens with zero attached hydrogens (tertiary/aromatic N) is 3. The SMILES string of the molecule is CCC/C(C)=C(/C(=O)Nc1ccc(O)nc1)c1cc(-c2cncc(CN3CCCCC3)c2)ccc1C. The zero-order chi connectivity index (χ0) is 25.5. The topological polar surface area (TPSA) is 78.3 Å². The Morgan fingerprint density at radius 1 is 1.03 bits per heavy atom. The number of anilines is 1. The highest BCUT2D eigenvalue weighted by atomic mass is 16.3. The number of aromatic nitrogens is 2. The minimum atomic E-state index is -0.175. The molecule has 0 radical (unpaired) electrons. The van der Waals surface area contributed by atoms with Crippen LogP contribution in [0.15, 0.2) is 60.6 Å². The molecule has 188 valence electrons. The highest BCUT2D eigenvalue weighted by Crippen LogP contribution is 2.31. The summed E-state index contributed by atoms with van der Waals surface area (Å²) in [6.07, 6.45) is 11.0. The molecule has 0 saturated carbocycles. The van der Waals surface area contributed by atoms with E-state index < -0.39 is 0 Å². The van der Waals surface area contributed by atoms with Gasteiger partial charge in [-0.2, -0.15) is 0 Å². The average molecular weight is 485 g/mol. The molecule has 1 aliphatic rings. The molecule has 1 saturated heterocycles. The number of hydrogen-bond acceptors (Lipinski definition) is 5. The highest BCUT2D eigenvalue weighted by molar-refractivity contribution is 6.26. The van der Waals surface area contributed by atoms with Crippen molar-refractivity contribution >= 4 is 17.2 Å². The molecule has 0 bridgehead atoms. The fourth-order valence-corrected chi connectivity index (χ4v) is 4.88. The first-order chi connectivity index (χ1) is 17.4. The van der Waals surface area contributed by atoms with Crippen molar-refractivity contribution in [3.63, 3.8) is 0 Å². The van der Waals surface area contributed by atoms with E-state index in [1.807, 2.05) is 26.2 Å². The minimum absolute atomic E-state index is 0.0781. The molecule has 1 aliphatic heterocycles. The summed E-state index contributed by atoms with van der Waals surface area (Å²) >= 11 is 0. The van der Waals surface area contributed by atoms with E-state index >= 15 is 0 Å². The van der Waals surface area contributed by atoms with Gasteiger partial charge in [0.05, 0.1) is 11.9 Å². The van der Waals surface area contributed by atoms with Gasteiger partial charge in [0.2, 0.25) is 5.88 Å². The molecule has 36 heavy (non-hydrogen) atoms. The predicted molar refractivity (Wildman–Crippen MR) is 146 cm³/mol. The molecule has 2 aromatic heterocycles. The molecule has 3 aromatic rings.